The van der Waals surface area contributed by atoms with Crippen molar-refractivity contribution in [2.24, 2.45) is 11.7 Å². The topological polar surface area (TPSA) is 88.6 Å². The molecule has 0 saturated carbocycles. The fourth-order valence-electron chi connectivity index (χ4n) is 2.80. The molecule has 0 radical (unpaired) electrons. The Labute approximate surface area is 138 Å². The van der Waals surface area contributed by atoms with Crippen LogP contribution in [0.1, 0.15) is 12.8 Å². The van der Waals surface area contributed by atoms with Gasteiger partial charge in [-0.25, -0.2) is 9.18 Å². The average Bonchev–Trinajstić information content (AvgIpc) is 3.11. The Morgan fingerprint density at radius 1 is 1.33 bits per heavy atom. The van der Waals surface area contributed by atoms with E-state index in [1.165, 1.54) is 23.3 Å². The lowest BCUT2D eigenvalue weighted by Crippen LogP contribution is -2.45. The second kappa shape index (κ2) is 6.74. The summed E-state index contributed by atoms with van der Waals surface area (Å²) in [5.74, 6) is -0.773. The van der Waals surface area contributed by atoms with E-state index in [1.54, 1.807) is 18.2 Å². The number of benzene rings is 1. The molecule has 6 nitrogen and oxygen atoms in total. The van der Waals surface area contributed by atoms with E-state index in [4.69, 9.17) is 10.2 Å². The molecular formula is C17H18FN3O3. The van der Waals surface area contributed by atoms with E-state index in [2.05, 4.69) is 5.32 Å². The van der Waals surface area contributed by atoms with Crippen molar-refractivity contribution >= 4 is 17.6 Å². The van der Waals surface area contributed by atoms with Gasteiger partial charge in [0.2, 0.25) is 5.91 Å². The number of likely N-dealkylation sites (tertiary alicyclic amines) is 1. The minimum atomic E-state index is -0.555. The smallest absolute Gasteiger partial charge is 0.321 e. The molecule has 1 unspecified atom stereocenters. The molecule has 2 aromatic rings. The van der Waals surface area contributed by atoms with Crippen molar-refractivity contribution in [3.05, 3.63) is 42.4 Å². The molecule has 1 aliphatic rings. The molecular weight excluding hydrogens is 313 g/mol. The van der Waals surface area contributed by atoms with Crippen LogP contribution in [-0.4, -0.2) is 29.9 Å². The number of piperidine rings is 1. The number of carbonyl (C=O) groups excluding carboxylic acids is 2. The molecule has 1 aliphatic heterocycles. The van der Waals surface area contributed by atoms with Gasteiger partial charge in [0.05, 0.1) is 17.9 Å². The monoisotopic (exact) mass is 331 g/mol. The largest absolute Gasteiger partial charge is 0.464 e. The molecule has 3 N–H and O–H groups in total. The number of amides is 3. The third-order valence-electron chi connectivity index (χ3n) is 4.13. The van der Waals surface area contributed by atoms with Crippen molar-refractivity contribution < 1.29 is 18.4 Å². The number of nitrogens with one attached hydrogen (secondary N) is 1. The number of urea groups is 1. The van der Waals surface area contributed by atoms with Gasteiger partial charge in [-0.2, -0.15) is 0 Å². The summed E-state index contributed by atoms with van der Waals surface area (Å²) in [5.41, 5.74) is 5.97. The summed E-state index contributed by atoms with van der Waals surface area (Å²) in [7, 11) is 0. The highest BCUT2D eigenvalue weighted by molar-refractivity contribution is 5.90. The molecule has 1 fully saturated rings. The zero-order chi connectivity index (χ0) is 17.1. The molecule has 2 heterocycles. The Morgan fingerprint density at radius 3 is 2.83 bits per heavy atom. The summed E-state index contributed by atoms with van der Waals surface area (Å²) in [6.45, 7) is 0.773. The van der Waals surface area contributed by atoms with E-state index in [1.807, 2.05) is 0 Å². The van der Waals surface area contributed by atoms with Crippen molar-refractivity contribution in [1.29, 1.82) is 0 Å². The number of halogens is 1. The summed E-state index contributed by atoms with van der Waals surface area (Å²) < 4.78 is 19.4. The number of nitrogens with zero attached hydrogens (tertiary/aromatic N) is 1. The van der Waals surface area contributed by atoms with Crippen LogP contribution in [0.3, 0.4) is 0 Å². The number of primary amides is 1. The van der Waals surface area contributed by atoms with Gasteiger partial charge in [0.15, 0.2) is 0 Å². The SMILES string of the molecule is NC(=O)C1CCCN(C(=O)Nc2ccc(-c3ccco3)cc2F)C1. The lowest BCUT2D eigenvalue weighted by Gasteiger charge is -2.31. The van der Waals surface area contributed by atoms with Crippen LogP contribution in [0.25, 0.3) is 11.3 Å². The number of nitrogens with two attached hydrogens (primary N) is 1. The third-order valence-corrected chi connectivity index (χ3v) is 4.13. The molecule has 3 rings (SSSR count). The van der Waals surface area contributed by atoms with Gasteiger partial charge in [0, 0.05) is 18.7 Å². The van der Waals surface area contributed by atoms with Crippen LogP contribution < -0.4 is 11.1 Å². The number of rotatable bonds is 3. The first-order valence-corrected chi connectivity index (χ1v) is 7.73. The van der Waals surface area contributed by atoms with Gasteiger partial charge < -0.3 is 20.4 Å². The number of furan rings is 1. The minimum absolute atomic E-state index is 0.0801. The molecule has 1 atom stereocenters. The average molecular weight is 331 g/mol. The van der Waals surface area contributed by atoms with Crippen LogP contribution in [0.2, 0.25) is 0 Å². The molecule has 0 aliphatic carbocycles. The Kier molecular flexibility index (Phi) is 4.50. The summed E-state index contributed by atoms with van der Waals surface area (Å²) >= 11 is 0. The van der Waals surface area contributed by atoms with E-state index in [-0.39, 0.29) is 18.2 Å². The van der Waals surface area contributed by atoms with Crippen molar-refractivity contribution in [3.63, 3.8) is 0 Å². The van der Waals surface area contributed by atoms with Gasteiger partial charge in [-0.1, -0.05) is 0 Å². The second-order valence-electron chi connectivity index (χ2n) is 5.79. The highest BCUT2D eigenvalue weighted by Crippen LogP contribution is 2.25. The Balaban J connectivity index is 1.69. The van der Waals surface area contributed by atoms with Crippen molar-refractivity contribution in [2.75, 3.05) is 18.4 Å². The molecule has 24 heavy (non-hydrogen) atoms. The number of hydrogen-bond acceptors (Lipinski definition) is 3. The molecule has 0 spiro atoms. The predicted octanol–water partition coefficient (Wildman–Crippen LogP) is 2.81. The van der Waals surface area contributed by atoms with Crippen molar-refractivity contribution in [1.82, 2.24) is 4.90 Å². The summed E-state index contributed by atoms with van der Waals surface area (Å²) in [6.07, 6.45) is 2.88. The van der Waals surface area contributed by atoms with E-state index in [0.717, 1.165) is 0 Å². The van der Waals surface area contributed by atoms with E-state index < -0.39 is 17.8 Å². The Hall–Kier alpha value is -2.83. The molecule has 3 amide bonds. The number of carbonyl (C=O) groups is 2. The highest BCUT2D eigenvalue weighted by Gasteiger charge is 2.27. The predicted molar refractivity (Wildman–Crippen MR) is 86.6 cm³/mol. The van der Waals surface area contributed by atoms with Gasteiger partial charge in [-0.15, -0.1) is 0 Å². The van der Waals surface area contributed by atoms with E-state index >= 15 is 0 Å². The van der Waals surface area contributed by atoms with E-state index in [0.29, 0.717) is 30.7 Å². The maximum Gasteiger partial charge on any atom is 0.321 e. The van der Waals surface area contributed by atoms with Gasteiger partial charge >= 0.3 is 6.03 Å². The quantitative estimate of drug-likeness (QED) is 0.906. The molecule has 7 heteroatoms. The highest BCUT2D eigenvalue weighted by atomic mass is 19.1. The maximum atomic E-state index is 14.2. The number of anilines is 1. The summed E-state index contributed by atoms with van der Waals surface area (Å²) in [6, 6.07) is 7.46. The Bertz CT molecular complexity index is 746. The van der Waals surface area contributed by atoms with Crippen molar-refractivity contribution in [2.45, 2.75) is 12.8 Å². The van der Waals surface area contributed by atoms with Gasteiger partial charge in [-0.05, 0) is 43.2 Å². The maximum absolute atomic E-state index is 14.2. The standard InChI is InChI=1S/C17H18FN3O3/c18-13-9-11(15-4-2-8-24-15)5-6-14(13)20-17(23)21-7-1-3-12(10-21)16(19)22/h2,4-6,8-9,12H,1,3,7,10H2,(H2,19,22)(H,20,23). The van der Waals surface area contributed by atoms with Crippen LogP contribution in [0.5, 0.6) is 0 Å². The van der Waals surface area contributed by atoms with Gasteiger partial charge in [0.25, 0.3) is 0 Å². The first kappa shape index (κ1) is 16.0. The summed E-state index contributed by atoms with van der Waals surface area (Å²) in [4.78, 5) is 25.0. The van der Waals surface area contributed by atoms with Crippen LogP contribution in [0.4, 0.5) is 14.9 Å². The van der Waals surface area contributed by atoms with Crippen LogP contribution in [0, 0.1) is 11.7 Å². The molecule has 0 bridgehead atoms. The zero-order valence-corrected chi connectivity index (χ0v) is 13.0. The lowest BCUT2D eigenvalue weighted by molar-refractivity contribution is -0.123. The first-order valence-electron chi connectivity index (χ1n) is 7.73. The first-order chi connectivity index (χ1) is 11.5. The normalized spacial score (nSPS) is 17.5. The zero-order valence-electron chi connectivity index (χ0n) is 13.0. The van der Waals surface area contributed by atoms with Crippen molar-refractivity contribution in [3.8, 4) is 11.3 Å². The second-order valence-corrected chi connectivity index (χ2v) is 5.79. The molecule has 1 aromatic heterocycles. The molecule has 126 valence electrons. The van der Waals surface area contributed by atoms with Crippen LogP contribution >= 0.6 is 0 Å². The third kappa shape index (κ3) is 3.40. The summed E-state index contributed by atoms with van der Waals surface area (Å²) in [5, 5.41) is 2.54. The van der Waals surface area contributed by atoms with Crippen LogP contribution in [-0.2, 0) is 4.79 Å². The molecule has 1 saturated heterocycles. The Morgan fingerprint density at radius 2 is 2.17 bits per heavy atom. The minimum Gasteiger partial charge on any atom is -0.464 e. The van der Waals surface area contributed by atoms with E-state index in [9.17, 15) is 14.0 Å². The van der Waals surface area contributed by atoms with Gasteiger partial charge in [0.1, 0.15) is 11.6 Å². The lowest BCUT2D eigenvalue weighted by atomic mass is 9.98. The number of hydrogen-bond donors (Lipinski definition) is 2. The molecule has 1 aromatic carbocycles. The fourth-order valence-corrected chi connectivity index (χ4v) is 2.80. The van der Waals surface area contributed by atoms with Crippen LogP contribution in [0.15, 0.2) is 41.0 Å². The van der Waals surface area contributed by atoms with Gasteiger partial charge in [-0.3, -0.25) is 4.79 Å². The fraction of sp³-hybridized carbons (Fsp3) is 0.294.